The molecule has 0 N–H and O–H groups in total. The number of nitrogens with zero attached hydrogens (tertiary/aromatic N) is 2. The number of hydrogen-bond donors (Lipinski definition) is 0. The molecule has 134 valence electrons. The fourth-order valence-electron chi connectivity index (χ4n) is 2.87. The van der Waals surface area contributed by atoms with Gasteiger partial charge in [-0.25, -0.2) is 17.1 Å². The molecule has 1 saturated heterocycles. The number of rotatable bonds is 6. The van der Waals surface area contributed by atoms with Crippen LogP contribution in [0.25, 0.3) is 0 Å². The summed E-state index contributed by atoms with van der Waals surface area (Å²) in [4.78, 5) is 14.1. The maximum atomic E-state index is 12.9. The van der Waals surface area contributed by atoms with Crippen molar-refractivity contribution in [3.63, 3.8) is 0 Å². The molecule has 7 heteroatoms. The third-order valence-corrected chi connectivity index (χ3v) is 6.28. The van der Waals surface area contributed by atoms with Crippen LogP contribution in [0.4, 0.5) is 4.39 Å². The Morgan fingerprint density at radius 3 is 2.50 bits per heavy atom. The van der Waals surface area contributed by atoms with E-state index >= 15 is 0 Å². The third kappa shape index (κ3) is 5.27. The molecule has 1 aliphatic rings. The van der Waals surface area contributed by atoms with Crippen LogP contribution in [-0.4, -0.2) is 55.5 Å². The number of benzene rings is 1. The number of sulfonamides is 1. The highest BCUT2D eigenvalue weighted by Gasteiger charge is 2.25. The van der Waals surface area contributed by atoms with E-state index in [0.29, 0.717) is 51.9 Å². The van der Waals surface area contributed by atoms with E-state index in [1.165, 1.54) is 16.4 Å². The number of aryl methyl sites for hydroxylation is 1. The van der Waals surface area contributed by atoms with Crippen LogP contribution in [-0.2, 0) is 21.2 Å². The molecule has 0 saturated carbocycles. The lowest BCUT2D eigenvalue weighted by molar-refractivity contribution is -0.131. The van der Waals surface area contributed by atoms with E-state index < -0.39 is 10.0 Å². The average Bonchev–Trinajstić information content (AvgIpc) is 2.80. The van der Waals surface area contributed by atoms with Gasteiger partial charge in [0, 0.05) is 32.6 Å². The van der Waals surface area contributed by atoms with E-state index in [1.807, 2.05) is 6.92 Å². The summed E-state index contributed by atoms with van der Waals surface area (Å²) in [7, 11) is -3.21. The van der Waals surface area contributed by atoms with Gasteiger partial charge < -0.3 is 4.90 Å². The molecule has 0 radical (unpaired) electrons. The molecule has 0 aliphatic carbocycles. The molecule has 1 aromatic carbocycles. The summed E-state index contributed by atoms with van der Waals surface area (Å²) in [5, 5.41) is 0. The zero-order valence-electron chi connectivity index (χ0n) is 14.1. The summed E-state index contributed by atoms with van der Waals surface area (Å²) < 4.78 is 38.7. The van der Waals surface area contributed by atoms with Gasteiger partial charge in [0.1, 0.15) is 5.82 Å². The molecule has 0 unspecified atom stereocenters. The molecule has 24 heavy (non-hydrogen) atoms. The standard InChI is InChI=1S/C17H25FN2O3S/c1-2-14-24(22,23)20-11-3-10-19(12-13-20)17(21)9-6-15-4-7-16(18)8-5-15/h4-5,7-8H,2-3,6,9-14H2,1H3. The third-order valence-electron chi connectivity index (χ3n) is 4.20. The van der Waals surface area contributed by atoms with Crippen molar-refractivity contribution in [2.24, 2.45) is 0 Å². The summed E-state index contributed by atoms with van der Waals surface area (Å²) in [5.41, 5.74) is 0.923. The molecule has 1 aliphatic heterocycles. The van der Waals surface area contributed by atoms with Crippen LogP contribution in [0.3, 0.4) is 0 Å². The molecular weight excluding hydrogens is 331 g/mol. The van der Waals surface area contributed by atoms with Gasteiger partial charge in [0.15, 0.2) is 0 Å². The van der Waals surface area contributed by atoms with Crippen molar-refractivity contribution in [2.75, 3.05) is 31.9 Å². The highest BCUT2D eigenvalue weighted by molar-refractivity contribution is 7.89. The summed E-state index contributed by atoms with van der Waals surface area (Å²) in [6.45, 7) is 3.71. The second kappa shape index (κ2) is 8.58. The Labute approximate surface area is 143 Å². The van der Waals surface area contributed by atoms with E-state index in [2.05, 4.69) is 0 Å². The fourth-order valence-corrected chi connectivity index (χ4v) is 4.41. The van der Waals surface area contributed by atoms with E-state index in [0.717, 1.165) is 5.56 Å². The maximum absolute atomic E-state index is 12.9. The molecule has 1 fully saturated rings. The number of carbonyl (C=O) groups is 1. The van der Waals surface area contributed by atoms with Crippen molar-refractivity contribution in [3.05, 3.63) is 35.6 Å². The SMILES string of the molecule is CCCS(=O)(=O)N1CCCN(C(=O)CCc2ccc(F)cc2)CC1. The van der Waals surface area contributed by atoms with Gasteiger partial charge in [-0.3, -0.25) is 4.79 Å². The second-order valence-corrected chi connectivity index (χ2v) is 8.16. The minimum Gasteiger partial charge on any atom is -0.341 e. The lowest BCUT2D eigenvalue weighted by Crippen LogP contribution is -2.38. The maximum Gasteiger partial charge on any atom is 0.222 e. The van der Waals surface area contributed by atoms with Gasteiger partial charge in [0.2, 0.25) is 15.9 Å². The normalized spacial score (nSPS) is 16.8. The predicted octanol–water partition coefficient (Wildman–Crippen LogP) is 2.03. The Morgan fingerprint density at radius 2 is 1.83 bits per heavy atom. The van der Waals surface area contributed by atoms with E-state index in [1.54, 1.807) is 17.0 Å². The average molecular weight is 356 g/mol. The van der Waals surface area contributed by atoms with Gasteiger partial charge in [-0.15, -0.1) is 0 Å². The lowest BCUT2D eigenvalue weighted by Gasteiger charge is -2.22. The van der Waals surface area contributed by atoms with Crippen LogP contribution in [0.1, 0.15) is 31.7 Å². The van der Waals surface area contributed by atoms with Gasteiger partial charge >= 0.3 is 0 Å². The van der Waals surface area contributed by atoms with Crippen LogP contribution in [0.15, 0.2) is 24.3 Å². The van der Waals surface area contributed by atoms with Crippen LogP contribution >= 0.6 is 0 Å². The molecule has 0 bridgehead atoms. The zero-order chi connectivity index (χ0) is 17.6. The van der Waals surface area contributed by atoms with Gasteiger partial charge in [-0.05, 0) is 37.0 Å². The van der Waals surface area contributed by atoms with Crippen LogP contribution in [0, 0.1) is 5.82 Å². The van der Waals surface area contributed by atoms with Crippen molar-refractivity contribution in [2.45, 2.75) is 32.6 Å². The van der Waals surface area contributed by atoms with Crippen molar-refractivity contribution in [1.29, 1.82) is 0 Å². The first-order chi connectivity index (χ1) is 11.4. The Morgan fingerprint density at radius 1 is 1.12 bits per heavy atom. The summed E-state index contributed by atoms with van der Waals surface area (Å²) in [6, 6.07) is 6.15. The number of carbonyl (C=O) groups excluding carboxylic acids is 1. The monoisotopic (exact) mass is 356 g/mol. The Balaban J connectivity index is 1.86. The highest BCUT2D eigenvalue weighted by atomic mass is 32.2. The predicted molar refractivity (Wildman–Crippen MR) is 91.6 cm³/mol. The lowest BCUT2D eigenvalue weighted by atomic mass is 10.1. The summed E-state index contributed by atoms with van der Waals surface area (Å²) in [6.07, 6.45) is 2.17. The van der Waals surface area contributed by atoms with E-state index in [-0.39, 0.29) is 17.5 Å². The Kier molecular flexibility index (Phi) is 6.74. The Bertz CT molecular complexity index is 646. The van der Waals surface area contributed by atoms with Gasteiger partial charge in [0.05, 0.1) is 5.75 Å². The van der Waals surface area contributed by atoms with Crippen molar-refractivity contribution >= 4 is 15.9 Å². The molecule has 1 amide bonds. The van der Waals surface area contributed by atoms with Crippen molar-refractivity contribution in [3.8, 4) is 0 Å². The van der Waals surface area contributed by atoms with Crippen LogP contribution in [0.5, 0.6) is 0 Å². The molecule has 0 spiro atoms. The minimum atomic E-state index is -3.21. The topological polar surface area (TPSA) is 57.7 Å². The van der Waals surface area contributed by atoms with Gasteiger partial charge in [-0.2, -0.15) is 0 Å². The largest absolute Gasteiger partial charge is 0.341 e. The van der Waals surface area contributed by atoms with Crippen LogP contribution in [0.2, 0.25) is 0 Å². The first kappa shape index (κ1) is 18.9. The van der Waals surface area contributed by atoms with Crippen molar-refractivity contribution < 1.29 is 17.6 Å². The van der Waals surface area contributed by atoms with Crippen molar-refractivity contribution in [1.82, 2.24) is 9.21 Å². The molecule has 5 nitrogen and oxygen atoms in total. The Hall–Kier alpha value is -1.47. The van der Waals surface area contributed by atoms with E-state index in [9.17, 15) is 17.6 Å². The first-order valence-corrected chi connectivity index (χ1v) is 10.0. The first-order valence-electron chi connectivity index (χ1n) is 8.42. The quantitative estimate of drug-likeness (QED) is 0.784. The number of amides is 1. The minimum absolute atomic E-state index is 0.0223. The smallest absolute Gasteiger partial charge is 0.222 e. The molecule has 1 aromatic rings. The molecule has 1 heterocycles. The number of hydrogen-bond acceptors (Lipinski definition) is 3. The molecule has 0 aromatic heterocycles. The second-order valence-electron chi connectivity index (χ2n) is 6.08. The van der Waals surface area contributed by atoms with Gasteiger partial charge in [-0.1, -0.05) is 19.1 Å². The molecule has 2 rings (SSSR count). The number of halogens is 1. The summed E-state index contributed by atoms with van der Waals surface area (Å²) >= 11 is 0. The van der Waals surface area contributed by atoms with Gasteiger partial charge in [0.25, 0.3) is 0 Å². The zero-order valence-corrected chi connectivity index (χ0v) is 14.9. The summed E-state index contributed by atoms with van der Waals surface area (Å²) in [5.74, 6) is -0.106. The van der Waals surface area contributed by atoms with Crippen LogP contribution < -0.4 is 0 Å². The molecule has 0 atom stereocenters. The molecular formula is C17H25FN2O3S. The highest BCUT2D eigenvalue weighted by Crippen LogP contribution is 2.12. The fraction of sp³-hybridized carbons (Fsp3) is 0.588. The van der Waals surface area contributed by atoms with E-state index in [4.69, 9.17) is 0 Å².